The SMILES string of the molecule is NC(=O)C1[C]CCc2ccccc21. The molecule has 2 nitrogen and oxygen atoms in total. The van der Waals surface area contributed by atoms with Crippen molar-refractivity contribution < 1.29 is 4.79 Å². The van der Waals surface area contributed by atoms with Gasteiger partial charge in [0, 0.05) is 6.42 Å². The van der Waals surface area contributed by atoms with Crippen molar-refractivity contribution in [1.82, 2.24) is 0 Å². The Morgan fingerprint density at radius 3 is 3.00 bits per heavy atom. The number of amides is 1. The van der Waals surface area contributed by atoms with E-state index in [1.807, 2.05) is 24.3 Å². The molecule has 0 bridgehead atoms. The van der Waals surface area contributed by atoms with Crippen LogP contribution in [0.4, 0.5) is 0 Å². The van der Waals surface area contributed by atoms with Gasteiger partial charge in [-0.3, -0.25) is 4.79 Å². The Morgan fingerprint density at radius 1 is 1.46 bits per heavy atom. The quantitative estimate of drug-likeness (QED) is 0.683. The molecule has 2 N–H and O–H groups in total. The van der Waals surface area contributed by atoms with Crippen LogP contribution in [0.15, 0.2) is 24.3 Å². The molecular formula is C11H11NO. The molecule has 1 amide bonds. The normalized spacial score (nSPS) is 20.8. The van der Waals surface area contributed by atoms with E-state index in [4.69, 9.17) is 5.73 Å². The average Bonchev–Trinajstić information content (AvgIpc) is 2.17. The molecule has 1 aromatic rings. The summed E-state index contributed by atoms with van der Waals surface area (Å²) in [6.07, 6.45) is 4.90. The van der Waals surface area contributed by atoms with Gasteiger partial charge in [0.2, 0.25) is 5.91 Å². The van der Waals surface area contributed by atoms with E-state index in [9.17, 15) is 4.79 Å². The highest BCUT2D eigenvalue weighted by molar-refractivity contribution is 5.84. The van der Waals surface area contributed by atoms with Gasteiger partial charge >= 0.3 is 0 Å². The number of fused-ring (bicyclic) bond motifs is 1. The number of hydrogen-bond donors (Lipinski definition) is 1. The van der Waals surface area contributed by atoms with Gasteiger partial charge in [0.25, 0.3) is 0 Å². The Hall–Kier alpha value is -1.31. The maximum atomic E-state index is 11.1. The van der Waals surface area contributed by atoms with Crippen LogP contribution in [-0.2, 0) is 11.2 Å². The van der Waals surface area contributed by atoms with Gasteiger partial charge in [-0.2, -0.15) is 0 Å². The number of benzene rings is 1. The smallest absolute Gasteiger partial charge is 0.225 e. The molecular weight excluding hydrogens is 162 g/mol. The molecule has 1 aliphatic rings. The van der Waals surface area contributed by atoms with Crippen molar-refractivity contribution in [1.29, 1.82) is 0 Å². The highest BCUT2D eigenvalue weighted by Crippen LogP contribution is 2.29. The van der Waals surface area contributed by atoms with E-state index in [0.29, 0.717) is 0 Å². The van der Waals surface area contributed by atoms with Gasteiger partial charge in [-0.1, -0.05) is 24.3 Å². The van der Waals surface area contributed by atoms with Gasteiger partial charge in [0.1, 0.15) is 0 Å². The predicted octanol–water partition coefficient (Wildman–Crippen LogP) is 1.28. The van der Waals surface area contributed by atoms with Crippen molar-refractivity contribution in [3.8, 4) is 0 Å². The van der Waals surface area contributed by atoms with Crippen LogP contribution in [0.25, 0.3) is 0 Å². The van der Waals surface area contributed by atoms with Crippen molar-refractivity contribution in [3.63, 3.8) is 0 Å². The van der Waals surface area contributed by atoms with Crippen molar-refractivity contribution in [2.45, 2.75) is 18.8 Å². The molecule has 1 aromatic carbocycles. The molecule has 1 aliphatic carbocycles. The van der Waals surface area contributed by atoms with Gasteiger partial charge in [0.15, 0.2) is 0 Å². The van der Waals surface area contributed by atoms with Crippen LogP contribution in [0.2, 0.25) is 0 Å². The molecule has 0 fully saturated rings. The summed E-state index contributed by atoms with van der Waals surface area (Å²) < 4.78 is 0. The Labute approximate surface area is 77.8 Å². The number of carbonyl (C=O) groups excluding carboxylic acids is 1. The molecule has 1 unspecified atom stereocenters. The monoisotopic (exact) mass is 173 g/mol. The fourth-order valence-electron chi connectivity index (χ4n) is 1.76. The van der Waals surface area contributed by atoms with Gasteiger partial charge in [0.05, 0.1) is 5.92 Å². The first-order valence-electron chi connectivity index (χ1n) is 4.39. The van der Waals surface area contributed by atoms with Crippen molar-refractivity contribution in [3.05, 3.63) is 41.8 Å². The lowest BCUT2D eigenvalue weighted by atomic mass is 9.82. The lowest BCUT2D eigenvalue weighted by molar-refractivity contribution is -0.118. The molecule has 0 saturated heterocycles. The number of hydrogen-bond acceptors (Lipinski definition) is 1. The van der Waals surface area contributed by atoms with Crippen LogP contribution in [0.3, 0.4) is 0 Å². The number of rotatable bonds is 1. The molecule has 13 heavy (non-hydrogen) atoms. The second kappa shape index (κ2) is 3.21. The fourth-order valence-corrected chi connectivity index (χ4v) is 1.76. The molecule has 2 radical (unpaired) electrons. The van der Waals surface area contributed by atoms with E-state index in [1.54, 1.807) is 0 Å². The third kappa shape index (κ3) is 1.44. The van der Waals surface area contributed by atoms with E-state index in [-0.39, 0.29) is 11.8 Å². The minimum absolute atomic E-state index is 0.299. The standard InChI is InChI=1S/C11H11NO/c12-11(13)10-7-3-5-8-4-1-2-6-9(8)10/h1-2,4,6,10H,3,5H2,(H2,12,13). The van der Waals surface area contributed by atoms with Crippen LogP contribution in [0.5, 0.6) is 0 Å². The first-order valence-corrected chi connectivity index (χ1v) is 4.39. The van der Waals surface area contributed by atoms with E-state index < -0.39 is 0 Å². The maximum Gasteiger partial charge on any atom is 0.225 e. The summed E-state index contributed by atoms with van der Waals surface area (Å²) in [4.78, 5) is 11.1. The predicted molar refractivity (Wildman–Crippen MR) is 49.9 cm³/mol. The van der Waals surface area contributed by atoms with Crippen LogP contribution < -0.4 is 5.73 Å². The summed E-state index contributed by atoms with van der Waals surface area (Å²) in [6.45, 7) is 0. The molecule has 0 spiro atoms. The Balaban J connectivity index is 2.42. The summed E-state index contributed by atoms with van der Waals surface area (Å²) in [5.74, 6) is -0.600. The van der Waals surface area contributed by atoms with Crippen molar-refractivity contribution >= 4 is 5.91 Å². The second-order valence-electron chi connectivity index (χ2n) is 3.24. The van der Waals surface area contributed by atoms with Gasteiger partial charge in [-0.25, -0.2) is 0 Å². The number of carbonyl (C=O) groups is 1. The Bertz CT molecular complexity index is 333. The van der Waals surface area contributed by atoms with Crippen LogP contribution >= 0.6 is 0 Å². The second-order valence-corrected chi connectivity index (χ2v) is 3.24. The average molecular weight is 173 g/mol. The van der Waals surface area contributed by atoms with Gasteiger partial charge < -0.3 is 5.73 Å². The number of primary amides is 1. The zero-order valence-corrected chi connectivity index (χ0v) is 7.29. The lowest BCUT2D eigenvalue weighted by Gasteiger charge is -2.21. The van der Waals surface area contributed by atoms with E-state index in [1.165, 1.54) is 5.56 Å². The Morgan fingerprint density at radius 2 is 2.23 bits per heavy atom. The third-order valence-electron chi connectivity index (χ3n) is 2.39. The van der Waals surface area contributed by atoms with Gasteiger partial charge in [-0.15, -0.1) is 0 Å². The minimum Gasteiger partial charge on any atom is -0.369 e. The van der Waals surface area contributed by atoms with Crippen LogP contribution in [0, 0.1) is 6.42 Å². The first kappa shape index (κ1) is 8.30. The Kier molecular flexibility index (Phi) is 2.05. The number of aryl methyl sites for hydroxylation is 1. The van der Waals surface area contributed by atoms with Crippen molar-refractivity contribution in [2.24, 2.45) is 5.73 Å². The van der Waals surface area contributed by atoms with Crippen LogP contribution in [0.1, 0.15) is 23.5 Å². The minimum atomic E-state index is -0.301. The molecule has 0 heterocycles. The lowest BCUT2D eigenvalue weighted by Crippen LogP contribution is -2.25. The molecule has 2 heteroatoms. The third-order valence-corrected chi connectivity index (χ3v) is 2.39. The summed E-state index contributed by atoms with van der Waals surface area (Å²) in [6, 6.07) is 7.92. The largest absolute Gasteiger partial charge is 0.369 e. The fraction of sp³-hybridized carbons (Fsp3) is 0.273. The summed E-state index contributed by atoms with van der Waals surface area (Å²) in [7, 11) is 0. The zero-order valence-electron chi connectivity index (χ0n) is 7.29. The van der Waals surface area contributed by atoms with E-state index >= 15 is 0 Å². The van der Waals surface area contributed by atoms with Gasteiger partial charge in [-0.05, 0) is 24.0 Å². The van der Waals surface area contributed by atoms with Crippen molar-refractivity contribution in [2.75, 3.05) is 0 Å². The molecule has 66 valence electrons. The summed E-state index contributed by atoms with van der Waals surface area (Å²) in [5.41, 5.74) is 7.54. The molecule has 0 saturated carbocycles. The molecule has 0 aromatic heterocycles. The van der Waals surface area contributed by atoms with E-state index in [0.717, 1.165) is 18.4 Å². The summed E-state index contributed by atoms with van der Waals surface area (Å²) >= 11 is 0. The molecule has 2 rings (SSSR count). The molecule has 0 aliphatic heterocycles. The highest BCUT2D eigenvalue weighted by Gasteiger charge is 2.24. The van der Waals surface area contributed by atoms with Crippen LogP contribution in [-0.4, -0.2) is 5.91 Å². The molecule has 1 atom stereocenters. The van der Waals surface area contributed by atoms with E-state index in [2.05, 4.69) is 6.42 Å². The first-order chi connectivity index (χ1) is 6.29. The summed E-state index contributed by atoms with van der Waals surface area (Å²) in [5, 5.41) is 0. The number of nitrogens with two attached hydrogens (primary N) is 1. The topological polar surface area (TPSA) is 43.1 Å². The highest BCUT2D eigenvalue weighted by atomic mass is 16.1. The zero-order chi connectivity index (χ0) is 9.26. The maximum absolute atomic E-state index is 11.1.